The van der Waals surface area contributed by atoms with Gasteiger partial charge in [-0.25, -0.2) is 0 Å². The maximum Gasteiger partial charge on any atom is 0.0136 e. The quantitative estimate of drug-likeness (QED) is 0.666. The van der Waals surface area contributed by atoms with Crippen LogP contribution < -0.4 is 5.73 Å². The van der Waals surface area contributed by atoms with E-state index in [4.69, 9.17) is 5.73 Å². The maximum absolute atomic E-state index is 5.60. The first-order chi connectivity index (χ1) is 6.15. The Morgan fingerprint density at radius 3 is 2.23 bits per heavy atom. The van der Waals surface area contributed by atoms with Crippen molar-refractivity contribution in [3.63, 3.8) is 0 Å². The van der Waals surface area contributed by atoms with Crippen molar-refractivity contribution in [3.8, 4) is 0 Å². The van der Waals surface area contributed by atoms with Crippen LogP contribution in [0.3, 0.4) is 0 Å². The van der Waals surface area contributed by atoms with E-state index >= 15 is 0 Å². The number of nitrogens with two attached hydrogens (primary N) is 1. The molecule has 1 fully saturated rings. The highest BCUT2D eigenvalue weighted by Crippen LogP contribution is 2.35. The smallest absolute Gasteiger partial charge is 0.0136 e. The van der Waals surface area contributed by atoms with Crippen LogP contribution in [0.4, 0.5) is 0 Å². The summed E-state index contributed by atoms with van der Waals surface area (Å²) in [5.41, 5.74) is 6.86. The molecule has 0 aliphatic heterocycles. The van der Waals surface area contributed by atoms with E-state index in [9.17, 15) is 0 Å². The summed E-state index contributed by atoms with van der Waals surface area (Å²) in [6.07, 6.45) is 5.39. The lowest BCUT2D eigenvalue weighted by molar-refractivity contribution is 0.241. The summed E-state index contributed by atoms with van der Waals surface area (Å²) in [4.78, 5) is 0. The van der Waals surface area contributed by atoms with Crippen LogP contribution in [0.2, 0.25) is 0 Å². The summed E-state index contributed by atoms with van der Waals surface area (Å²) in [5, 5.41) is 0. The fourth-order valence-electron chi connectivity index (χ4n) is 2.36. The van der Waals surface area contributed by atoms with E-state index in [-0.39, 0.29) is 0 Å². The first-order valence-corrected chi connectivity index (χ1v) is 5.53. The minimum Gasteiger partial charge on any atom is -0.327 e. The summed E-state index contributed by atoms with van der Waals surface area (Å²) in [6, 6.07) is 0. The Labute approximate surface area is 82.4 Å². The van der Waals surface area contributed by atoms with Gasteiger partial charge in [0.25, 0.3) is 0 Å². The van der Waals surface area contributed by atoms with Crippen LogP contribution in [0.15, 0.2) is 12.2 Å². The Bertz CT molecular complexity index is 164. The number of hydrogen-bond donors (Lipinski definition) is 1. The van der Waals surface area contributed by atoms with E-state index in [0.29, 0.717) is 6.54 Å². The first kappa shape index (κ1) is 10.8. The van der Waals surface area contributed by atoms with E-state index in [1.165, 1.54) is 31.3 Å². The van der Waals surface area contributed by atoms with Crippen molar-refractivity contribution in [2.75, 3.05) is 6.54 Å². The van der Waals surface area contributed by atoms with Crippen molar-refractivity contribution in [2.45, 2.75) is 39.5 Å². The molecule has 0 aromatic heterocycles. The largest absolute Gasteiger partial charge is 0.327 e. The number of hydrogen-bond acceptors (Lipinski definition) is 1. The molecule has 0 bridgehead atoms. The summed E-state index contributed by atoms with van der Waals surface area (Å²) in [7, 11) is 0. The minimum absolute atomic E-state index is 0.678. The van der Waals surface area contributed by atoms with Gasteiger partial charge in [0, 0.05) is 6.54 Å². The molecular weight excluding hydrogens is 158 g/mol. The molecule has 0 atom stereocenters. The molecule has 0 saturated heterocycles. The molecular formula is C12H23N. The lowest BCUT2D eigenvalue weighted by Gasteiger charge is -2.31. The zero-order valence-corrected chi connectivity index (χ0v) is 9.05. The van der Waals surface area contributed by atoms with E-state index in [0.717, 1.165) is 17.8 Å². The van der Waals surface area contributed by atoms with Gasteiger partial charge in [-0.2, -0.15) is 0 Å². The molecule has 0 amide bonds. The average molecular weight is 181 g/mol. The van der Waals surface area contributed by atoms with Crippen LogP contribution in [0, 0.1) is 17.8 Å². The molecule has 1 nitrogen and oxygen atoms in total. The molecule has 1 heteroatoms. The van der Waals surface area contributed by atoms with Gasteiger partial charge < -0.3 is 5.73 Å². The maximum atomic E-state index is 5.60. The van der Waals surface area contributed by atoms with Gasteiger partial charge in [0.1, 0.15) is 0 Å². The third kappa shape index (κ3) is 2.84. The Hall–Kier alpha value is -0.300. The van der Waals surface area contributed by atoms with Crippen LogP contribution >= 0.6 is 0 Å². The van der Waals surface area contributed by atoms with Gasteiger partial charge in [-0.1, -0.05) is 26.0 Å². The SMILES string of the molecule is C=C(CN)C1CCC(C(C)C)CC1. The van der Waals surface area contributed by atoms with E-state index in [1.54, 1.807) is 0 Å². The second-order valence-corrected chi connectivity index (χ2v) is 4.72. The summed E-state index contributed by atoms with van der Waals surface area (Å²) in [6.45, 7) is 9.39. The Morgan fingerprint density at radius 1 is 1.31 bits per heavy atom. The molecule has 13 heavy (non-hydrogen) atoms. The van der Waals surface area contributed by atoms with Crippen molar-refractivity contribution in [3.05, 3.63) is 12.2 Å². The van der Waals surface area contributed by atoms with Gasteiger partial charge >= 0.3 is 0 Å². The molecule has 0 aromatic carbocycles. The third-order valence-corrected chi connectivity index (χ3v) is 3.55. The van der Waals surface area contributed by atoms with Gasteiger partial charge in [-0.3, -0.25) is 0 Å². The van der Waals surface area contributed by atoms with Crippen molar-refractivity contribution in [2.24, 2.45) is 23.5 Å². The topological polar surface area (TPSA) is 26.0 Å². The van der Waals surface area contributed by atoms with Crippen molar-refractivity contribution < 1.29 is 0 Å². The van der Waals surface area contributed by atoms with Gasteiger partial charge in [0.2, 0.25) is 0 Å². The summed E-state index contributed by atoms with van der Waals surface area (Å²) in [5.74, 6) is 2.52. The highest BCUT2D eigenvalue weighted by atomic mass is 14.5. The lowest BCUT2D eigenvalue weighted by atomic mass is 9.75. The van der Waals surface area contributed by atoms with E-state index in [2.05, 4.69) is 20.4 Å². The fraction of sp³-hybridized carbons (Fsp3) is 0.833. The van der Waals surface area contributed by atoms with Crippen LogP contribution in [0.1, 0.15) is 39.5 Å². The third-order valence-electron chi connectivity index (χ3n) is 3.55. The van der Waals surface area contributed by atoms with Crippen LogP contribution in [0.5, 0.6) is 0 Å². The molecule has 0 heterocycles. The highest BCUT2D eigenvalue weighted by molar-refractivity contribution is 5.03. The lowest BCUT2D eigenvalue weighted by Crippen LogP contribution is -2.22. The van der Waals surface area contributed by atoms with Crippen LogP contribution in [-0.2, 0) is 0 Å². The Kier molecular flexibility index (Phi) is 3.98. The molecule has 0 spiro atoms. The molecule has 0 radical (unpaired) electrons. The fourth-order valence-corrected chi connectivity index (χ4v) is 2.36. The summed E-state index contributed by atoms with van der Waals surface area (Å²) < 4.78 is 0. The predicted molar refractivity (Wildman–Crippen MR) is 58.5 cm³/mol. The first-order valence-electron chi connectivity index (χ1n) is 5.53. The molecule has 0 aromatic rings. The van der Waals surface area contributed by atoms with Gasteiger partial charge in [0.15, 0.2) is 0 Å². The minimum atomic E-state index is 0.678. The van der Waals surface area contributed by atoms with Crippen molar-refractivity contribution in [1.82, 2.24) is 0 Å². The second-order valence-electron chi connectivity index (χ2n) is 4.72. The molecule has 1 aliphatic carbocycles. The van der Waals surface area contributed by atoms with Crippen molar-refractivity contribution in [1.29, 1.82) is 0 Å². The number of rotatable bonds is 3. The molecule has 0 unspecified atom stereocenters. The second kappa shape index (κ2) is 4.80. The Morgan fingerprint density at radius 2 is 1.85 bits per heavy atom. The van der Waals surface area contributed by atoms with E-state index in [1.807, 2.05) is 0 Å². The van der Waals surface area contributed by atoms with Gasteiger partial charge in [-0.05, 0) is 43.4 Å². The molecule has 1 saturated carbocycles. The summed E-state index contributed by atoms with van der Waals surface area (Å²) >= 11 is 0. The Balaban J connectivity index is 2.34. The van der Waals surface area contributed by atoms with Crippen LogP contribution in [0.25, 0.3) is 0 Å². The van der Waals surface area contributed by atoms with Gasteiger partial charge in [0.05, 0.1) is 0 Å². The highest BCUT2D eigenvalue weighted by Gasteiger charge is 2.23. The van der Waals surface area contributed by atoms with Crippen LogP contribution in [-0.4, -0.2) is 6.54 Å². The zero-order chi connectivity index (χ0) is 9.84. The predicted octanol–water partition coefficient (Wildman–Crippen LogP) is 2.96. The molecule has 1 rings (SSSR count). The standard InChI is InChI=1S/C12H23N/c1-9(2)11-4-6-12(7-5-11)10(3)8-13/h9,11-12H,3-8,13H2,1-2H3. The molecule has 2 N–H and O–H groups in total. The molecule has 76 valence electrons. The van der Waals surface area contributed by atoms with Gasteiger partial charge in [-0.15, -0.1) is 0 Å². The average Bonchev–Trinajstić information content (AvgIpc) is 2.17. The monoisotopic (exact) mass is 181 g/mol. The molecule has 1 aliphatic rings. The van der Waals surface area contributed by atoms with E-state index < -0.39 is 0 Å². The normalized spacial score (nSPS) is 29.2. The zero-order valence-electron chi connectivity index (χ0n) is 9.05. The van der Waals surface area contributed by atoms with Crippen molar-refractivity contribution >= 4 is 0 Å².